The van der Waals surface area contributed by atoms with Crippen LogP contribution in [0.3, 0.4) is 0 Å². The molecule has 0 unspecified atom stereocenters. The van der Waals surface area contributed by atoms with Crippen LogP contribution in [0, 0.1) is 0 Å². The van der Waals surface area contributed by atoms with Crippen molar-refractivity contribution in [2.75, 3.05) is 31.2 Å². The van der Waals surface area contributed by atoms with Crippen LogP contribution in [0.4, 0.5) is 10.5 Å². The van der Waals surface area contributed by atoms with Gasteiger partial charge in [0.25, 0.3) is 5.91 Å². The highest BCUT2D eigenvalue weighted by atomic mass is 16.6. The third-order valence-corrected chi connectivity index (χ3v) is 5.37. The van der Waals surface area contributed by atoms with E-state index in [4.69, 9.17) is 9.47 Å². The maximum absolute atomic E-state index is 13.2. The molecule has 31 heavy (non-hydrogen) atoms. The number of hydrogen-bond donors (Lipinski definition) is 1. The molecular weight excluding hydrogens is 398 g/mol. The number of nitrogens with zero attached hydrogens (tertiary/aromatic N) is 2. The summed E-state index contributed by atoms with van der Waals surface area (Å²) in [5.74, 6) is 0.211. The summed E-state index contributed by atoms with van der Waals surface area (Å²) >= 11 is 0. The molecule has 2 heterocycles. The van der Waals surface area contributed by atoms with Crippen molar-refractivity contribution in [3.63, 3.8) is 0 Å². The standard InChI is InChI=1S/C23H23N3O5/c1-3-11-25(17-7-5-4-6-8-17)20(27)15-26-21(28)23(2,24-22(26)29)16-9-10-18-19(14-16)31-13-12-30-18/h3-10,14H,1,11-13,15H2,2H3,(H,24,29)/t23-/m1/s1. The molecule has 1 fully saturated rings. The van der Waals surface area contributed by atoms with Gasteiger partial charge in [-0.15, -0.1) is 6.58 Å². The van der Waals surface area contributed by atoms with Gasteiger partial charge in [-0.3, -0.25) is 14.5 Å². The zero-order valence-electron chi connectivity index (χ0n) is 17.2. The molecule has 4 rings (SSSR count). The minimum atomic E-state index is -1.32. The van der Waals surface area contributed by atoms with Crippen LogP contribution in [0.5, 0.6) is 11.5 Å². The van der Waals surface area contributed by atoms with Gasteiger partial charge >= 0.3 is 6.03 Å². The second-order valence-electron chi connectivity index (χ2n) is 7.43. The molecule has 2 aromatic rings. The van der Waals surface area contributed by atoms with Gasteiger partial charge in [0.2, 0.25) is 5.91 Å². The van der Waals surface area contributed by atoms with Crippen molar-refractivity contribution >= 4 is 23.5 Å². The number of para-hydroxylation sites is 1. The fourth-order valence-corrected chi connectivity index (χ4v) is 3.70. The lowest BCUT2D eigenvalue weighted by molar-refractivity contribution is -0.134. The third-order valence-electron chi connectivity index (χ3n) is 5.37. The van der Waals surface area contributed by atoms with Gasteiger partial charge < -0.3 is 19.7 Å². The summed E-state index contributed by atoms with van der Waals surface area (Å²) in [6.07, 6.45) is 1.59. The molecule has 0 bridgehead atoms. The number of ether oxygens (including phenoxy) is 2. The van der Waals surface area contributed by atoms with Gasteiger partial charge in [-0.2, -0.15) is 0 Å². The highest BCUT2D eigenvalue weighted by Gasteiger charge is 2.50. The van der Waals surface area contributed by atoms with Crippen molar-refractivity contribution < 1.29 is 23.9 Å². The fourth-order valence-electron chi connectivity index (χ4n) is 3.70. The second kappa shape index (κ2) is 8.14. The van der Waals surface area contributed by atoms with E-state index in [1.54, 1.807) is 43.3 Å². The van der Waals surface area contributed by atoms with E-state index in [1.807, 2.05) is 18.2 Å². The first-order valence-corrected chi connectivity index (χ1v) is 9.94. The minimum Gasteiger partial charge on any atom is -0.486 e. The van der Waals surface area contributed by atoms with Crippen molar-refractivity contribution in [2.45, 2.75) is 12.5 Å². The highest BCUT2D eigenvalue weighted by Crippen LogP contribution is 2.36. The molecule has 1 saturated heterocycles. The lowest BCUT2D eigenvalue weighted by Crippen LogP contribution is -2.44. The average molecular weight is 421 g/mol. The van der Waals surface area contributed by atoms with Crippen LogP contribution in [0.1, 0.15) is 12.5 Å². The molecule has 4 amide bonds. The Labute approximate surface area is 180 Å². The van der Waals surface area contributed by atoms with E-state index in [9.17, 15) is 14.4 Å². The SMILES string of the molecule is C=CCN(C(=O)CN1C(=O)N[C@](C)(c2ccc3c(c2)OCCO3)C1=O)c1ccccc1. The van der Waals surface area contributed by atoms with Gasteiger partial charge in [-0.25, -0.2) is 4.79 Å². The van der Waals surface area contributed by atoms with Gasteiger partial charge in [0.1, 0.15) is 25.3 Å². The monoisotopic (exact) mass is 421 g/mol. The molecule has 8 heteroatoms. The number of hydrogen-bond acceptors (Lipinski definition) is 5. The van der Waals surface area contributed by atoms with E-state index in [-0.39, 0.29) is 19.0 Å². The van der Waals surface area contributed by atoms with Crippen molar-refractivity contribution in [2.24, 2.45) is 0 Å². The summed E-state index contributed by atoms with van der Waals surface area (Å²) in [4.78, 5) is 41.3. The molecule has 0 saturated carbocycles. The topological polar surface area (TPSA) is 88.2 Å². The number of rotatable bonds is 6. The number of benzene rings is 2. The summed E-state index contributed by atoms with van der Waals surface area (Å²) in [6.45, 7) is 6.05. The number of urea groups is 1. The number of carbonyl (C=O) groups is 3. The maximum Gasteiger partial charge on any atom is 0.325 e. The van der Waals surface area contributed by atoms with E-state index in [0.717, 1.165) is 4.90 Å². The fraction of sp³-hybridized carbons (Fsp3) is 0.261. The first kappa shape index (κ1) is 20.5. The van der Waals surface area contributed by atoms with Crippen LogP contribution >= 0.6 is 0 Å². The van der Waals surface area contributed by atoms with E-state index in [2.05, 4.69) is 11.9 Å². The summed E-state index contributed by atoms with van der Waals surface area (Å²) in [5, 5.41) is 2.72. The number of anilines is 1. The third kappa shape index (κ3) is 3.72. The lowest BCUT2D eigenvalue weighted by Gasteiger charge is -2.26. The summed E-state index contributed by atoms with van der Waals surface area (Å²) in [6, 6.07) is 13.5. The molecule has 8 nitrogen and oxygen atoms in total. The van der Waals surface area contributed by atoms with Gasteiger partial charge in [-0.05, 0) is 36.8 Å². The van der Waals surface area contributed by atoms with Gasteiger partial charge in [0.05, 0.1) is 0 Å². The van der Waals surface area contributed by atoms with Crippen LogP contribution in [0.25, 0.3) is 0 Å². The normalized spacial score (nSPS) is 19.7. The van der Waals surface area contributed by atoms with Crippen molar-refractivity contribution in [1.82, 2.24) is 10.2 Å². The zero-order chi connectivity index (χ0) is 22.0. The first-order valence-electron chi connectivity index (χ1n) is 9.94. The number of imide groups is 1. The first-order chi connectivity index (χ1) is 14.9. The minimum absolute atomic E-state index is 0.256. The molecule has 0 aromatic heterocycles. The number of fused-ring (bicyclic) bond motifs is 1. The van der Waals surface area contributed by atoms with Crippen LogP contribution in [-0.2, 0) is 15.1 Å². The predicted molar refractivity (Wildman–Crippen MR) is 114 cm³/mol. The van der Waals surface area contributed by atoms with Gasteiger partial charge in [0, 0.05) is 12.2 Å². The van der Waals surface area contributed by atoms with E-state index in [1.165, 1.54) is 4.90 Å². The summed E-state index contributed by atoms with van der Waals surface area (Å²) in [7, 11) is 0. The molecular formula is C23H23N3O5. The Kier molecular flexibility index (Phi) is 5.37. The molecule has 0 aliphatic carbocycles. The van der Waals surface area contributed by atoms with E-state index < -0.39 is 17.5 Å². The molecule has 1 N–H and O–H groups in total. The average Bonchev–Trinajstić information content (AvgIpc) is 3.01. The number of nitrogens with one attached hydrogen (secondary N) is 1. The molecule has 2 aliphatic rings. The molecule has 1 atom stereocenters. The number of carbonyl (C=O) groups excluding carboxylic acids is 3. The Bertz CT molecular complexity index is 1040. The van der Waals surface area contributed by atoms with Crippen molar-refractivity contribution in [3.8, 4) is 11.5 Å². The van der Waals surface area contributed by atoms with E-state index >= 15 is 0 Å². The molecule has 0 radical (unpaired) electrons. The quantitative estimate of drug-likeness (QED) is 0.572. The second-order valence-corrected chi connectivity index (χ2v) is 7.43. The Morgan fingerprint density at radius 1 is 1.16 bits per heavy atom. The largest absolute Gasteiger partial charge is 0.486 e. The lowest BCUT2D eigenvalue weighted by atomic mass is 9.91. The maximum atomic E-state index is 13.2. The van der Waals surface area contributed by atoms with Gasteiger partial charge in [0.15, 0.2) is 11.5 Å². The highest BCUT2D eigenvalue weighted by molar-refractivity contribution is 6.10. The Balaban J connectivity index is 1.56. The van der Waals surface area contributed by atoms with Crippen LogP contribution in [0.2, 0.25) is 0 Å². The number of amides is 4. The van der Waals surface area contributed by atoms with Crippen LogP contribution < -0.4 is 19.7 Å². The predicted octanol–water partition coefficient (Wildman–Crippen LogP) is 2.44. The Hall–Kier alpha value is -3.81. The van der Waals surface area contributed by atoms with Crippen LogP contribution in [0.15, 0.2) is 61.2 Å². The molecule has 2 aromatic carbocycles. The summed E-state index contributed by atoms with van der Waals surface area (Å²) < 4.78 is 11.1. The van der Waals surface area contributed by atoms with Crippen molar-refractivity contribution in [3.05, 3.63) is 66.7 Å². The Morgan fingerprint density at radius 2 is 1.87 bits per heavy atom. The van der Waals surface area contributed by atoms with Gasteiger partial charge in [-0.1, -0.05) is 30.3 Å². The summed E-state index contributed by atoms with van der Waals surface area (Å²) in [5.41, 5.74) is -0.103. The van der Waals surface area contributed by atoms with E-state index in [0.29, 0.717) is 36.0 Å². The van der Waals surface area contributed by atoms with Crippen LogP contribution in [-0.4, -0.2) is 49.0 Å². The zero-order valence-corrected chi connectivity index (χ0v) is 17.2. The molecule has 0 spiro atoms. The van der Waals surface area contributed by atoms with Crippen molar-refractivity contribution in [1.29, 1.82) is 0 Å². The Morgan fingerprint density at radius 3 is 2.58 bits per heavy atom. The smallest absolute Gasteiger partial charge is 0.325 e. The molecule has 2 aliphatic heterocycles. The molecule has 160 valence electrons.